The van der Waals surface area contributed by atoms with Gasteiger partial charge in [-0.1, -0.05) is 6.07 Å². The third-order valence-electron chi connectivity index (χ3n) is 2.87. The number of nitrogen functional groups attached to an aromatic ring is 1. The molecule has 3 N–H and O–H groups in total. The lowest BCUT2D eigenvalue weighted by Crippen LogP contribution is -2.32. The summed E-state index contributed by atoms with van der Waals surface area (Å²) in [6, 6.07) is 6.54. The van der Waals surface area contributed by atoms with Gasteiger partial charge < -0.3 is 15.7 Å². The Labute approximate surface area is 111 Å². The number of hydrogen-bond acceptors (Lipinski definition) is 4. The Bertz CT molecular complexity index is 587. The SMILES string of the molecule is CCN(C(=O)c1c(N)cnn1C)c1cccc(O)c1. The maximum Gasteiger partial charge on any atom is 0.278 e. The van der Waals surface area contributed by atoms with E-state index in [1.165, 1.54) is 21.8 Å². The summed E-state index contributed by atoms with van der Waals surface area (Å²) in [5.41, 5.74) is 7.06. The van der Waals surface area contributed by atoms with Crippen molar-refractivity contribution >= 4 is 17.3 Å². The molecule has 100 valence electrons. The number of aromatic hydroxyl groups is 1. The monoisotopic (exact) mass is 260 g/mol. The van der Waals surface area contributed by atoms with E-state index in [1.807, 2.05) is 6.92 Å². The number of benzene rings is 1. The summed E-state index contributed by atoms with van der Waals surface area (Å²) in [6.07, 6.45) is 1.45. The van der Waals surface area contributed by atoms with Crippen LogP contribution in [0.5, 0.6) is 5.75 Å². The van der Waals surface area contributed by atoms with E-state index in [1.54, 1.807) is 25.2 Å². The maximum atomic E-state index is 12.5. The van der Waals surface area contributed by atoms with Crippen molar-refractivity contribution < 1.29 is 9.90 Å². The minimum Gasteiger partial charge on any atom is -0.508 e. The highest BCUT2D eigenvalue weighted by Gasteiger charge is 2.22. The molecule has 1 aromatic carbocycles. The van der Waals surface area contributed by atoms with Gasteiger partial charge in [0.25, 0.3) is 5.91 Å². The molecule has 1 heterocycles. The van der Waals surface area contributed by atoms with Crippen molar-refractivity contribution in [2.45, 2.75) is 6.92 Å². The van der Waals surface area contributed by atoms with Crippen molar-refractivity contribution in [3.8, 4) is 5.75 Å². The normalized spacial score (nSPS) is 10.4. The number of phenolic OH excluding ortho intramolecular Hbond substituents is 1. The van der Waals surface area contributed by atoms with Gasteiger partial charge in [-0.15, -0.1) is 0 Å². The molecule has 6 nitrogen and oxygen atoms in total. The van der Waals surface area contributed by atoms with E-state index in [-0.39, 0.29) is 11.7 Å². The average molecular weight is 260 g/mol. The van der Waals surface area contributed by atoms with Crippen LogP contribution in [0.2, 0.25) is 0 Å². The third kappa shape index (κ3) is 2.37. The molecule has 0 saturated heterocycles. The van der Waals surface area contributed by atoms with E-state index in [0.717, 1.165) is 0 Å². The van der Waals surface area contributed by atoms with Crippen LogP contribution in [0, 0.1) is 0 Å². The van der Waals surface area contributed by atoms with Crippen molar-refractivity contribution in [2.75, 3.05) is 17.2 Å². The molecule has 2 rings (SSSR count). The highest BCUT2D eigenvalue weighted by atomic mass is 16.3. The van der Waals surface area contributed by atoms with E-state index in [9.17, 15) is 9.90 Å². The predicted octanol–water partition coefficient (Wildman–Crippen LogP) is 1.37. The Morgan fingerprint density at radius 3 is 2.79 bits per heavy atom. The van der Waals surface area contributed by atoms with Crippen molar-refractivity contribution in [3.63, 3.8) is 0 Å². The summed E-state index contributed by atoms with van der Waals surface area (Å²) in [4.78, 5) is 14.0. The van der Waals surface area contributed by atoms with Crippen LogP contribution in [-0.2, 0) is 7.05 Å². The number of aryl methyl sites for hydroxylation is 1. The first-order valence-electron chi connectivity index (χ1n) is 5.93. The van der Waals surface area contributed by atoms with Gasteiger partial charge in [0, 0.05) is 25.3 Å². The lowest BCUT2D eigenvalue weighted by Gasteiger charge is -2.21. The molecule has 0 aliphatic rings. The summed E-state index contributed by atoms with van der Waals surface area (Å²) >= 11 is 0. The Morgan fingerprint density at radius 1 is 1.53 bits per heavy atom. The van der Waals surface area contributed by atoms with Gasteiger partial charge in [-0.25, -0.2) is 0 Å². The molecule has 0 fully saturated rings. The van der Waals surface area contributed by atoms with E-state index < -0.39 is 0 Å². The summed E-state index contributed by atoms with van der Waals surface area (Å²) in [6.45, 7) is 2.32. The van der Waals surface area contributed by atoms with Gasteiger partial charge in [0.05, 0.1) is 11.9 Å². The summed E-state index contributed by atoms with van der Waals surface area (Å²) in [5.74, 6) is -0.132. The number of carbonyl (C=O) groups is 1. The molecule has 0 unspecified atom stereocenters. The van der Waals surface area contributed by atoms with Crippen molar-refractivity contribution in [1.29, 1.82) is 0 Å². The van der Waals surface area contributed by atoms with Gasteiger partial charge in [0.2, 0.25) is 0 Å². The Hall–Kier alpha value is -2.50. The number of aromatic nitrogens is 2. The number of hydrogen-bond donors (Lipinski definition) is 2. The fourth-order valence-electron chi connectivity index (χ4n) is 1.95. The molecule has 0 bridgehead atoms. The van der Waals surface area contributed by atoms with Crippen LogP contribution in [0.15, 0.2) is 30.5 Å². The zero-order chi connectivity index (χ0) is 14.0. The Morgan fingerprint density at radius 2 is 2.26 bits per heavy atom. The van der Waals surface area contributed by atoms with Gasteiger partial charge in [-0.2, -0.15) is 5.10 Å². The molecule has 0 aliphatic carbocycles. The first kappa shape index (κ1) is 12.9. The number of nitrogens with zero attached hydrogens (tertiary/aromatic N) is 3. The topological polar surface area (TPSA) is 84.4 Å². The zero-order valence-electron chi connectivity index (χ0n) is 10.9. The molecule has 6 heteroatoms. The number of nitrogens with two attached hydrogens (primary N) is 1. The molecular weight excluding hydrogens is 244 g/mol. The molecule has 0 saturated carbocycles. The second-order valence-electron chi connectivity index (χ2n) is 4.14. The first-order valence-corrected chi connectivity index (χ1v) is 5.93. The smallest absolute Gasteiger partial charge is 0.278 e. The summed E-state index contributed by atoms with van der Waals surface area (Å²) in [5, 5.41) is 13.5. The maximum absolute atomic E-state index is 12.5. The van der Waals surface area contributed by atoms with Crippen LogP contribution in [0.25, 0.3) is 0 Å². The van der Waals surface area contributed by atoms with Gasteiger partial charge in [0.1, 0.15) is 11.4 Å². The molecule has 19 heavy (non-hydrogen) atoms. The van der Waals surface area contributed by atoms with Crippen LogP contribution in [0.3, 0.4) is 0 Å². The Kier molecular flexibility index (Phi) is 3.41. The first-order chi connectivity index (χ1) is 9.04. The quantitative estimate of drug-likeness (QED) is 0.873. The van der Waals surface area contributed by atoms with Gasteiger partial charge in [0.15, 0.2) is 0 Å². The minimum atomic E-state index is -0.245. The highest BCUT2D eigenvalue weighted by Crippen LogP contribution is 2.23. The van der Waals surface area contributed by atoms with Crippen LogP contribution in [-0.4, -0.2) is 27.3 Å². The van der Waals surface area contributed by atoms with E-state index in [4.69, 9.17) is 5.73 Å². The van der Waals surface area contributed by atoms with Gasteiger partial charge >= 0.3 is 0 Å². The molecule has 0 atom stereocenters. The zero-order valence-corrected chi connectivity index (χ0v) is 10.9. The predicted molar refractivity (Wildman–Crippen MR) is 73.1 cm³/mol. The standard InChI is InChI=1S/C13H16N4O2/c1-3-17(9-5-4-6-10(18)7-9)13(19)12-11(14)8-15-16(12)2/h4-8,18H,3,14H2,1-2H3. The third-order valence-corrected chi connectivity index (χ3v) is 2.87. The molecule has 0 spiro atoms. The van der Waals surface area contributed by atoms with Crippen molar-refractivity contribution in [3.05, 3.63) is 36.2 Å². The van der Waals surface area contributed by atoms with E-state index >= 15 is 0 Å². The number of carbonyl (C=O) groups excluding carboxylic acids is 1. The average Bonchev–Trinajstić information content (AvgIpc) is 2.70. The minimum absolute atomic E-state index is 0.113. The Balaban J connectivity index is 2.40. The molecule has 0 aliphatic heterocycles. The molecule has 1 amide bonds. The second kappa shape index (κ2) is 5.01. The fourth-order valence-corrected chi connectivity index (χ4v) is 1.95. The summed E-state index contributed by atoms with van der Waals surface area (Å²) in [7, 11) is 1.67. The molecule has 0 radical (unpaired) electrons. The van der Waals surface area contributed by atoms with Crippen molar-refractivity contribution in [2.24, 2.45) is 7.05 Å². The van der Waals surface area contributed by atoms with Crippen LogP contribution in [0.4, 0.5) is 11.4 Å². The van der Waals surface area contributed by atoms with E-state index in [0.29, 0.717) is 23.6 Å². The summed E-state index contributed by atoms with van der Waals surface area (Å²) < 4.78 is 1.45. The molecular formula is C13H16N4O2. The number of phenols is 1. The van der Waals surface area contributed by atoms with Gasteiger partial charge in [-0.05, 0) is 19.1 Å². The fraction of sp³-hybridized carbons (Fsp3) is 0.231. The lowest BCUT2D eigenvalue weighted by atomic mass is 10.2. The lowest BCUT2D eigenvalue weighted by molar-refractivity contribution is 0.0980. The van der Waals surface area contributed by atoms with E-state index in [2.05, 4.69) is 5.10 Å². The number of amides is 1. The molecule has 2 aromatic rings. The van der Waals surface area contributed by atoms with Crippen LogP contribution < -0.4 is 10.6 Å². The second-order valence-corrected chi connectivity index (χ2v) is 4.14. The van der Waals surface area contributed by atoms with Crippen LogP contribution >= 0.6 is 0 Å². The van der Waals surface area contributed by atoms with Gasteiger partial charge in [-0.3, -0.25) is 9.48 Å². The largest absolute Gasteiger partial charge is 0.508 e. The van der Waals surface area contributed by atoms with Crippen LogP contribution in [0.1, 0.15) is 17.4 Å². The number of anilines is 2. The number of rotatable bonds is 3. The highest BCUT2D eigenvalue weighted by molar-refractivity contribution is 6.08. The molecule has 1 aromatic heterocycles. The van der Waals surface area contributed by atoms with Crippen molar-refractivity contribution in [1.82, 2.24) is 9.78 Å².